The van der Waals surface area contributed by atoms with Crippen LogP contribution in [-0.2, 0) is 5.41 Å². The number of nitrogens with zero attached hydrogens (tertiary/aromatic N) is 2. The highest BCUT2D eigenvalue weighted by molar-refractivity contribution is 7.99. The molecule has 0 N–H and O–H groups in total. The Morgan fingerprint density at radius 3 is 1.97 bits per heavy atom. The zero-order valence-electron chi connectivity index (χ0n) is 37.0. The molecule has 1 aromatic heterocycles. The number of rotatable bonds is 6. The SMILES string of the molecule is C=Cc1ccc2c(c1)Sc1cc(N(c3cc(-c4ccccc4)c4c(c3)C3CCCCC3O4)c3ccc4c5ccccc5n(-c5ccccc5)c4c3)ccc1C21c2ccccc2-c2ccccc21. The van der Waals surface area contributed by atoms with E-state index in [-0.39, 0.29) is 6.10 Å². The van der Waals surface area contributed by atoms with Crippen molar-refractivity contribution in [2.45, 2.75) is 52.9 Å². The maximum Gasteiger partial charge on any atom is 0.131 e. The predicted octanol–water partition coefficient (Wildman–Crippen LogP) is 16.8. The van der Waals surface area contributed by atoms with Crippen LogP contribution in [0.15, 0.2) is 217 Å². The van der Waals surface area contributed by atoms with Gasteiger partial charge in [-0.1, -0.05) is 170 Å². The smallest absolute Gasteiger partial charge is 0.131 e. The van der Waals surface area contributed by atoms with Crippen LogP contribution in [-0.4, -0.2) is 10.7 Å². The number of hydrogen-bond acceptors (Lipinski definition) is 3. The topological polar surface area (TPSA) is 17.4 Å². The molecule has 14 rings (SSSR count). The lowest BCUT2D eigenvalue weighted by Crippen LogP contribution is -2.32. The summed E-state index contributed by atoms with van der Waals surface area (Å²) in [6.07, 6.45) is 6.86. The fourth-order valence-electron chi connectivity index (χ4n) is 12.3. The number of benzene rings is 9. The van der Waals surface area contributed by atoms with Gasteiger partial charge in [0, 0.05) is 60.4 Å². The van der Waals surface area contributed by atoms with Gasteiger partial charge in [0.1, 0.15) is 11.9 Å². The van der Waals surface area contributed by atoms with E-state index in [1.165, 1.54) is 88.9 Å². The molecule has 0 amide bonds. The average molecular weight is 879 g/mol. The Morgan fingerprint density at radius 2 is 1.18 bits per heavy atom. The number of aromatic nitrogens is 1. The molecule has 10 aromatic rings. The number of para-hydroxylation sites is 2. The van der Waals surface area contributed by atoms with Crippen LogP contribution in [0.25, 0.3) is 55.8 Å². The van der Waals surface area contributed by atoms with Crippen molar-refractivity contribution < 1.29 is 4.74 Å². The van der Waals surface area contributed by atoms with Gasteiger partial charge >= 0.3 is 0 Å². The second-order valence-electron chi connectivity index (χ2n) is 18.6. The monoisotopic (exact) mass is 878 g/mol. The quantitative estimate of drug-likeness (QED) is 0.166. The third-order valence-electron chi connectivity index (χ3n) is 15.2. The molecule has 1 spiro atoms. The van der Waals surface area contributed by atoms with Crippen LogP contribution >= 0.6 is 11.8 Å². The van der Waals surface area contributed by atoms with Gasteiger partial charge in [0.25, 0.3) is 0 Å². The van der Waals surface area contributed by atoms with Crippen molar-refractivity contribution in [1.82, 2.24) is 4.57 Å². The third kappa shape index (κ3) is 5.66. The molecule has 4 aliphatic rings. The molecule has 2 aliphatic carbocycles. The Bertz CT molecular complexity index is 3600. The fraction of sp³-hybridized carbons (Fsp3) is 0.111. The van der Waals surface area contributed by atoms with Crippen molar-refractivity contribution in [3.63, 3.8) is 0 Å². The summed E-state index contributed by atoms with van der Waals surface area (Å²) >= 11 is 1.89. The lowest BCUT2D eigenvalue weighted by Gasteiger charge is -2.40. The normalized spacial score (nSPS) is 17.0. The van der Waals surface area contributed by atoms with Gasteiger partial charge in [-0.05, 0) is 124 Å². The summed E-state index contributed by atoms with van der Waals surface area (Å²) in [7, 11) is 0. The van der Waals surface area contributed by atoms with E-state index < -0.39 is 5.41 Å². The van der Waals surface area contributed by atoms with Crippen molar-refractivity contribution in [1.29, 1.82) is 0 Å². The summed E-state index contributed by atoms with van der Waals surface area (Å²) in [6, 6.07) is 74.8. The summed E-state index contributed by atoms with van der Waals surface area (Å²) in [4.78, 5) is 5.04. The van der Waals surface area contributed by atoms with E-state index in [1.54, 1.807) is 0 Å². The van der Waals surface area contributed by atoms with Gasteiger partial charge in [0.05, 0.1) is 16.4 Å². The Hall–Kier alpha value is -7.53. The molecule has 2 aliphatic heterocycles. The van der Waals surface area contributed by atoms with Gasteiger partial charge in [0.15, 0.2) is 0 Å². The molecule has 9 aromatic carbocycles. The third-order valence-corrected chi connectivity index (χ3v) is 16.3. The number of fused-ring (bicyclic) bond motifs is 15. The maximum atomic E-state index is 7.00. The van der Waals surface area contributed by atoms with Gasteiger partial charge in [-0.15, -0.1) is 0 Å². The number of ether oxygens (including phenoxy) is 1. The summed E-state index contributed by atoms with van der Waals surface area (Å²) in [5.41, 5.74) is 19.1. The fourth-order valence-corrected chi connectivity index (χ4v) is 13.6. The Morgan fingerprint density at radius 1 is 0.537 bits per heavy atom. The molecule has 320 valence electrons. The highest BCUT2D eigenvalue weighted by Crippen LogP contribution is 2.63. The van der Waals surface area contributed by atoms with Crippen molar-refractivity contribution in [3.8, 4) is 33.7 Å². The van der Waals surface area contributed by atoms with Gasteiger partial charge in [-0.3, -0.25) is 0 Å². The van der Waals surface area contributed by atoms with E-state index in [4.69, 9.17) is 4.74 Å². The number of anilines is 3. The molecule has 4 heteroatoms. The van der Waals surface area contributed by atoms with Gasteiger partial charge < -0.3 is 14.2 Å². The van der Waals surface area contributed by atoms with Gasteiger partial charge in [0.2, 0.25) is 0 Å². The lowest BCUT2D eigenvalue weighted by molar-refractivity contribution is 0.164. The number of hydrogen-bond donors (Lipinski definition) is 0. The Kier molecular flexibility index (Phi) is 8.67. The first-order chi connectivity index (χ1) is 33.2. The molecule has 2 unspecified atom stereocenters. The summed E-state index contributed by atoms with van der Waals surface area (Å²) < 4.78 is 9.43. The molecule has 67 heavy (non-hydrogen) atoms. The van der Waals surface area contributed by atoms with Crippen molar-refractivity contribution in [2.24, 2.45) is 0 Å². The first-order valence-corrected chi connectivity index (χ1v) is 24.6. The van der Waals surface area contributed by atoms with Crippen LogP contribution in [0.2, 0.25) is 0 Å². The molecule has 2 atom stereocenters. The highest BCUT2D eigenvalue weighted by Gasteiger charge is 2.50. The zero-order valence-corrected chi connectivity index (χ0v) is 37.8. The molecular weight excluding hydrogens is 833 g/mol. The predicted molar refractivity (Wildman–Crippen MR) is 278 cm³/mol. The standard InChI is InChI=1S/C63H46N2OS/c1-2-40-29-33-55-60(35-40)67-61-39-44(31-34-56(61)63(55)53-25-13-9-21-46(53)47-22-10-14-26-54(47)63)64(43-30-32-49-48-23-11-15-27-57(48)65(58(49)38-43)42-19-7-4-8-20-42)45-36-51(41-17-5-3-6-18-41)62-52(37-45)50-24-12-16-28-59(50)66-62/h2-11,13-15,17-23,25-27,29-39,50,59H,1,12,16,24,28H2. The Labute approximate surface area is 395 Å². The molecule has 3 heterocycles. The molecule has 0 radical (unpaired) electrons. The molecule has 1 fully saturated rings. The Balaban J connectivity index is 1.05. The van der Waals surface area contributed by atoms with Crippen molar-refractivity contribution >= 4 is 56.7 Å². The second-order valence-corrected chi connectivity index (χ2v) is 19.7. The minimum Gasteiger partial charge on any atom is -0.489 e. The van der Waals surface area contributed by atoms with Crippen molar-refractivity contribution in [2.75, 3.05) is 4.90 Å². The summed E-state index contributed by atoms with van der Waals surface area (Å²) in [5.74, 6) is 1.43. The zero-order chi connectivity index (χ0) is 44.2. The van der Waals surface area contributed by atoms with Gasteiger partial charge in [-0.2, -0.15) is 0 Å². The van der Waals surface area contributed by atoms with Crippen LogP contribution in [0.1, 0.15) is 65.0 Å². The molecule has 0 saturated heterocycles. The molecule has 0 bridgehead atoms. The summed E-state index contributed by atoms with van der Waals surface area (Å²) in [5, 5.41) is 2.48. The van der Waals surface area contributed by atoms with E-state index in [0.29, 0.717) is 5.92 Å². The van der Waals surface area contributed by atoms with Gasteiger partial charge in [-0.25, -0.2) is 0 Å². The first-order valence-electron chi connectivity index (χ1n) is 23.7. The molecule has 1 saturated carbocycles. The largest absolute Gasteiger partial charge is 0.489 e. The first kappa shape index (κ1) is 38.7. The van der Waals surface area contributed by atoms with E-state index in [1.807, 2.05) is 17.8 Å². The van der Waals surface area contributed by atoms with Crippen LogP contribution in [0, 0.1) is 0 Å². The van der Waals surface area contributed by atoms with Crippen molar-refractivity contribution in [3.05, 3.63) is 240 Å². The molecule has 3 nitrogen and oxygen atoms in total. The van der Waals surface area contributed by atoms with Crippen LogP contribution in [0.4, 0.5) is 17.1 Å². The van der Waals surface area contributed by atoms with E-state index >= 15 is 0 Å². The van der Waals surface area contributed by atoms with E-state index in [0.717, 1.165) is 52.5 Å². The second kappa shape index (κ2) is 15.0. The molecular formula is C63H46N2OS. The minimum absolute atomic E-state index is 0.210. The summed E-state index contributed by atoms with van der Waals surface area (Å²) in [6.45, 7) is 4.20. The van der Waals surface area contributed by atoms with Crippen LogP contribution in [0.5, 0.6) is 5.75 Å². The van der Waals surface area contributed by atoms with E-state index in [9.17, 15) is 0 Å². The van der Waals surface area contributed by atoms with E-state index in [2.05, 4.69) is 216 Å². The van der Waals surface area contributed by atoms with Crippen LogP contribution in [0.3, 0.4) is 0 Å². The average Bonchev–Trinajstić information content (AvgIpc) is 4.03. The minimum atomic E-state index is -0.483. The highest BCUT2D eigenvalue weighted by atomic mass is 32.2. The lowest BCUT2D eigenvalue weighted by atomic mass is 9.67. The maximum absolute atomic E-state index is 7.00. The van der Waals surface area contributed by atoms with Crippen LogP contribution < -0.4 is 9.64 Å².